The Morgan fingerprint density at radius 1 is 1.05 bits per heavy atom. The van der Waals surface area contributed by atoms with E-state index in [9.17, 15) is 0 Å². The number of aromatic nitrogens is 2. The van der Waals surface area contributed by atoms with Crippen LogP contribution in [0.2, 0.25) is 0 Å². The maximum absolute atomic E-state index is 4.80. The van der Waals surface area contributed by atoms with Gasteiger partial charge in [0.05, 0.1) is 0 Å². The molecule has 0 unspecified atom stereocenters. The minimum atomic E-state index is 0.332. The van der Waals surface area contributed by atoms with E-state index in [4.69, 9.17) is 9.97 Å². The molecule has 114 valence electrons. The Morgan fingerprint density at radius 2 is 1.57 bits per heavy atom. The summed E-state index contributed by atoms with van der Waals surface area (Å²) in [6.45, 7) is 5.22. The molecular weight excluding hydrogens is 258 g/mol. The number of rotatable bonds is 4. The third kappa shape index (κ3) is 2.50. The molecule has 4 saturated carbocycles. The summed E-state index contributed by atoms with van der Waals surface area (Å²) in [6, 6.07) is 0.507. The van der Waals surface area contributed by atoms with Crippen molar-refractivity contribution in [3.63, 3.8) is 0 Å². The van der Waals surface area contributed by atoms with Gasteiger partial charge in [-0.3, -0.25) is 0 Å². The summed E-state index contributed by atoms with van der Waals surface area (Å²) >= 11 is 0. The lowest BCUT2D eigenvalue weighted by atomic mass is 9.49. The highest BCUT2D eigenvalue weighted by molar-refractivity contribution is 5.18. The van der Waals surface area contributed by atoms with E-state index < -0.39 is 0 Å². The topological polar surface area (TPSA) is 37.8 Å². The molecule has 0 aliphatic heterocycles. The molecule has 4 bridgehead atoms. The number of hydrogen-bond acceptors (Lipinski definition) is 3. The Morgan fingerprint density at radius 3 is 2.05 bits per heavy atom. The van der Waals surface area contributed by atoms with Gasteiger partial charge in [-0.2, -0.15) is 0 Å². The summed E-state index contributed by atoms with van der Waals surface area (Å²) in [7, 11) is 0. The van der Waals surface area contributed by atoms with Gasteiger partial charge in [0.1, 0.15) is 5.82 Å². The highest BCUT2D eigenvalue weighted by atomic mass is 14.9. The average Bonchev–Trinajstić information content (AvgIpc) is 2.44. The Hall–Kier alpha value is -0.960. The first-order valence-corrected chi connectivity index (χ1v) is 8.68. The van der Waals surface area contributed by atoms with Crippen LogP contribution < -0.4 is 5.32 Å². The minimum Gasteiger partial charge on any atom is -0.310 e. The maximum Gasteiger partial charge on any atom is 0.134 e. The summed E-state index contributed by atoms with van der Waals surface area (Å²) in [5, 5.41) is 3.44. The summed E-state index contributed by atoms with van der Waals surface area (Å²) in [4.78, 5) is 9.59. The van der Waals surface area contributed by atoms with Crippen LogP contribution in [0.1, 0.15) is 63.8 Å². The zero-order valence-corrected chi connectivity index (χ0v) is 13.3. The summed E-state index contributed by atoms with van der Waals surface area (Å²) in [5.74, 6) is 4.03. The number of nitrogens with one attached hydrogen (secondary N) is 1. The molecule has 1 heterocycles. The molecule has 1 N–H and O–H groups in total. The molecule has 0 atom stereocenters. The highest BCUT2D eigenvalue weighted by Gasteiger charge is 2.53. The second kappa shape index (κ2) is 5.05. The maximum atomic E-state index is 4.80. The zero-order valence-electron chi connectivity index (χ0n) is 13.3. The minimum absolute atomic E-state index is 0.332. The van der Waals surface area contributed by atoms with Crippen molar-refractivity contribution in [3.05, 3.63) is 23.8 Å². The molecule has 4 aliphatic carbocycles. The van der Waals surface area contributed by atoms with E-state index in [1.54, 1.807) is 0 Å². The van der Waals surface area contributed by atoms with Crippen LogP contribution in [-0.2, 0) is 12.0 Å². The van der Waals surface area contributed by atoms with Crippen LogP contribution in [-0.4, -0.2) is 16.0 Å². The van der Waals surface area contributed by atoms with Crippen molar-refractivity contribution in [1.82, 2.24) is 15.3 Å². The van der Waals surface area contributed by atoms with Crippen molar-refractivity contribution in [2.45, 2.75) is 70.4 Å². The van der Waals surface area contributed by atoms with Crippen molar-refractivity contribution in [2.75, 3.05) is 0 Å². The van der Waals surface area contributed by atoms with Gasteiger partial charge in [0.25, 0.3) is 0 Å². The van der Waals surface area contributed by atoms with Crippen molar-refractivity contribution < 1.29 is 0 Å². The van der Waals surface area contributed by atoms with Crippen molar-refractivity contribution >= 4 is 0 Å². The normalized spacial score (nSPS) is 37.4. The van der Waals surface area contributed by atoms with E-state index in [2.05, 4.69) is 31.6 Å². The van der Waals surface area contributed by atoms with Gasteiger partial charge >= 0.3 is 0 Å². The molecule has 0 amide bonds. The van der Waals surface area contributed by atoms with Crippen LogP contribution in [0.3, 0.4) is 0 Å². The first kappa shape index (κ1) is 13.7. The quantitative estimate of drug-likeness (QED) is 0.921. The molecule has 4 aliphatic rings. The molecule has 1 aromatic rings. The lowest BCUT2D eigenvalue weighted by Gasteiger charge is -2.55. The van der Waals surface area contributed by atoms with Gasteiger partial charge < -0.3 is 5.32 Å². The fourth-order valence-electron chi connectivity index (χ4n) is 5.43. The lowest BCUT2D eigenvalue weighted by molar-refractivity contribution is -0.00942. The van der Waals surface area contributed by atoms with Crippen LogP contribution in [0.25, 0.3) is 0 Å². The molecule has 5 rings (SSSR count). The van der Waals surface area contributed by atoms with Gasteiger partial charge in [-0.25, -0.2) is 9.97 Å². The standard InChI is InChI=1S/C18H27N3/c1-12(2)19-9-16-10-20-17(21-11-16)18-6-13-3-14(7-18)5-15(4-13)8-18/h10-15,19H,3-9H2,1-2H3. The smallest absolute Gasteiger partial charge is 0.134 e. The van der Waals surface area contributed by atoms with Crippen LogP contribution in [0.5, 0.6) is 0 Å². The summed E-state index contributed by atoms with van der Waals surface area (Å²) in [5.41, 5.74) is 1.54. The fraction of sp³-hybridized carbons (Fsp3) is 0.778. The lowest BCUT2D eigenvalue weighted by Crippen LogP contribution is -2.49. The Bertz CT molecular complexity index is 470. The SMILES string of the molecule is CC(C)NCc1cnc(C23CC4CC(CC(C4)C2)C3)nc1. The van der Waals surface area contributed by atoms with Gasteiger partial charge in [-0.15, -0.1) is 0 Å². The molecule has 4 fully saturated rings. The predicted octanol–water partition coefficient (Wildman–Crippen LogP) is 3.44. The van der Waals surface area contributed by atoms with Gasteiger partial charge in [0.2, 0.25) is 0 Å². The Kier molecular flexibility index (Phi) is 3.29. The van der Waals surface area contributed by atoms with Crippen molar-refractivity contribution in [1.29, 1.82) is 0 Å². The first-order valence-electron chi connectivity index (χ1n) is 8.68. The van der Waals surface area contributed by atoms with Gasteiger partial charge in [-0.1, -0.05) is 13.8 Å². The molecule has 3 heteroatoms. The van der Waals surface area contributed by atoms with Crippen LogP contribution in [0.15, 0.2) is 12.4 Å². The van der Waals surface area contributed by atoms with Gasteiger partial charge in [0, 0.05) is 36.0 Å². The number of hydrogen-bond donors (Lipinski definition) is 1. The van der Waals surface area contributed by atoms with E-state index >= 15 is 0 Å². The largest absolute Gasteiger partial charge is 0.310 e. The van der Waals surface area contributed by atoms with Gasteiger partial charge in [0.15, 0.2) is 0 Å². The van der Waals surface area contributed by atoms with E-state index in [1.807, 2.05) is 0 Å². The third-order valence-electron chi connectivity index (χ3n) is 5.93. The first-order chi connectivity index (χ1) is 10.1. The Balaban J connectivity index is 1.53. The van der Waals surface area contributed by atoms with E-state index in [-0.39, 0.29) is 0 Å². The highest BCUT2D eigenvalue weighted by Crippen LogP contribution is 2.59. The molecule has 21 heavy (non-hydrogen) atoms. The van der Waals surface area contributed by atoms with E-state index in [1.165, 1.54) is 44.1 Å². The van der Waals surface area contributed by atoms with Crippen molar-refractivity contribution in [2.24, 2.45) is 17.8 Å². The summed E-state index contributed by atoms with van der Waals surface area (Å²) < 4.78 is 0. The molecular formula is C18H27N3. The number of nitrogens with zero attached hydrogens (tertiary/aromatic N) is 2. The average molecular weight is 285 g/mol. The van der Waals surface area contributed by atoms with Crippen LogP contribution >= 0.6 is 0 Å². The molecule has 0 spiro atoms. The summed E-state index contributed by atoms with van der Waals surface area (Å²) in [6.07, 6.45) is 12.6. The van der Waals surface area contributed by atoms with Crippen LogP contribution in [0.4, 0.5) is 0 Å². The van der Waals surface area contributed by atoms with E-state index in [0.29, 0.717) is 11.5 Å². The molecule has 0 radical (unpaired) electrons. The van der Waals surface area contributed by atoms with Crippen LogP contribution in [0, 0.1) is 17.8 Å². The Labute approximate surface area is 128 Å². The molecule has 3 nitrogen and oxygen atoms in total. The van der Waals surface area contributed by atoms with E-state index in [0.717, 1.165) is 30.1 Å². The molecule has 1 aromatic heterocycles. The van der Waals surface area contributed by atoms with Gasteiger partial charge in [-0.05, 0) is 56.3 Å². The molecule has 0 saturated heterocycles. The fourth-order valence-corrected chi connectivity index (χ4v) is 5.43. The monoisotopic (exact) mass is 285 g/mol. The second-order valence-corrected chi connectivity index (χ2v) is 8.15. The zero-order chi connectivity index (χ0) is 14.4. The third-order valence-corrected chi connectivity index (χ3v) is 5.93. The second-order valence-electron chi connectivity index (χ2n) is 8.15. The van der Waals surface area contributed by atoms with Crippen molar-refractivity contribution in [3.8, 4) is 0 Å². The predicted molar refractivity (Wildman–Crippen MR) is 83.9 cm³/mol. The molecule has 0 aromatic carbocycles.